The van der Waals surface area contributed by atoms with Crippen LogP contribution in [-0.4, -0.2) is 49.5 Å². The second-order valence-electron chi connectivity index (χ2n) is 10.7. The molecule has 0 saturated carbocycles. The first-order valence-electron chi connectivity index (χ1n) is 13.5. The van der Waals surface area contributed by atoms with Crippen LogP contribution in [0.15, 0.2) is 74.4 Å². The highest BCUT2D eigenvalue weighted by atomic mass is 16.4. The first-order valence-corrected chi connectivity index (χ1v) is 13.5. The minimum Gasteiger partial charge on any atom is -0.440 e. The minimum absolute atomic E-state index is 0.0962. The highest BCUT2D eigenvalue weighted by molar-refractivity contribution is 5.98. The molecule has 2 aromatic carbocycles. The van der Waals surface area contributed by atoms with Gasteiger partial charge < -0.3 is 19.5 Å². The Morgan fingerprint density at radius 1 is 0.976 bits per heavy atom. The maximum Gasteiger partial charge on any atom is 0.294 e. The molecule has 0 saturated heterocycles. The summed E-state index contributed by atoms with van der Waals surface area (Å²) in [4.78, 5) is 48.6. The van der Waals surface area contributed by atoms with Crippen LogP contribution in [0.4, 0.5) is 5.82 Å². The number of benzene rings is 2. The van der Waals surface area contributed by atoms with E-state index in [9.17, 15) is 14.4 Å². The van der Waals surface area contributed by atoms with Crippen molar-refractivity contribution in [1.82, 2.24) is 30.0 Å². The number of oxazole rings is 1. The number of anilines is 1. The lowest BCUT2D eigenvalue weighted by Gasteiger charge is -2.21. The fourth-order valence-electron chi connectivity index (χ4n) is 4.49. The molecule has 3 aromatic heterocycles. The summed E-state index contributed by atoms with van der Waals surface area (Å²) >= 11 is 0. The summed E-state index contributed by atoms with van der Waals surface area (Å²) in [5.41, 5.74) is 1.08. The molecule has 1 amide bonds. The summed E-state index contributed by atoms with van der Waals surface area (Å²) < 4.78 is 13.0. The van der Waals surface area contributed by atoms with Gasteiger partial charge in [-0.25, -0.2) is 9.97 Å². The number of hydrogen-bond acceptors (Lipinski definition) is 10. The van der Waals surface area contributed by atoms with Gasteiger partial charge in [-0.05, 0) is 37.5 Å². The minimum atomic E-state index is -0.986. The number of rotatable bonds is 10. The molecular formula is C30H31N7O5. The molecule has 0 aliphatic heterocycles. The molecule has 0 radical (unpaired) electrons. The number of aromatic nitrogens is 5. The van der Waals surface area contributed by atoms with Crippen LogP contribution in [0.25, 0.3) is 22.4 Å². The van der Waals surface area contributed by atoms with Gasteiger partial charge in [-0.2, -0.15) is 0 Å². The van der Waals surface area contributed by atoms with Gasteiger partial charge in [0.25, 0.3) is 11.4 Å². The Morgan fingerprint density at radius 3 is 2.38 bits per heavy atom. The summed E-state index contributed by atoms with van der Waals surface area (Å²) in [6.07, 6.45) is 1.53. The molecule has 0 fully saturated rings. The number of amides is 1. The number of fused-ring (bicyclic) bond motifs is 1. The van der Waals surface area contributed by atoms with E-state index in [4.69, 9.17) is 8.83 Å². The van der Waals surface area contributed by atoms with Crippen LogP contribution < -0.4 is 16.2 Å². The first kappa shape index (κ1) is 28.4. The van der Waals surface area contributed by atoms with Gasteiger partial charge >= 0.3 is 0 Å². The lowest BCUT2D eigenvalue weighted by atomic mass is 9.93. The predicted octanol–water partition coefficient (Wildman–Crippen LogP) is 3.83. The van der Waals surface area contributed by atoms with Gasteiger partial charge in [0.05, 0.1) is 17.9 Å². The van der Waals surface area contributed by atoms with Crippen LogP contribution in [0.1, 0.15) is 50.2 Å². The van der Waals surface area contributed by atoms with E-state index in [1.807, 2.05) is 54.6 Å². The van der Waals surface area contributed by atoms with Crippen molar-refractivity contribution in [3.8, 4) is 11.3 Å². The van der Waals surface area contributed by atoms with Crippen molar-refractivity contribution in [2.75, 3.05) is 12.4 Å². The van der Waals surface area contributed by atoms with E-state index in [-0.39, 0.29) is 30.1 Å². The second-order valence-corrected chi connectivity index (χ2v) is 10.7. The monoisotopic (exact) mass is 569 g/mol. The van der Waals surface area contributed by atoms with Crippen LogP contribution in [0, 0.1) is 5.92 Å². The third kappa shape index (κ3) is 5.42. The molecular weight excluding hydrogens is 538 g/mol. The van der Waals surface area contributed by atoms with E-state index in [0.717, 1.165) is 0 Å². The quantitative estimate of drug-likeness (QED) is 0.237. The van der Waals surface area contributed by atoms with Crippen LogP contribution >= 0.6 is 0 Å². The number of carbonyl (C=O) groups excluding carboxylic acids is 2. The van der Waals surface area contributed by atoms with Gasteiger partial charge in [0.2, 0.25) is 23.5 Å². The van der Waals surface area contributed by atoms with Gasteiger partial charge in [-0.15, -0.1) is 10.2 Å². The molecule has 12 heteroatoms. The predicted molar refractivity (Wildman–Crippen MR) is 155 cm³/mol. The Hall–Kier alpha value is -5.13. The Bertz CT molecular complexity index is 1770. The standard InChI is InChI=1S/C30H31N7O5/c1-17(2)23(34-22(38)16-37-20(18-11-7-6-8-12-18)15-32-25(31-5)27(37)40)24(39)26-35-36-29(42-26)30(3,4)28-33-19-13-9-10-14-21(19)41-28/h6-15,17,23H,16H2,1-5H3,(H,31,32)(H,34,38). The molecule has 0 aliphatic rings. The summed E-state index contributed by atoms with van der Waals surface area (Å²) in [6.45, 7) is 6.84. The lowest BCUT2D eigenvalue weighted by molar-refractivity contribution is -0.122. The molecule has 5 aromatic rings. The number of Topliss-reactive ketones (excluding diaryl/α,β-unsaturated/α-hetero) is 1. The van der Waals surface area contributed by atoms with Crippen LogP contribution in [0.5, 0.6) is 0 Å². The Labute approximate surface area is 241 Å². The van der Waals surface area contributed by atoms with Crippen LogP contribution in [0.2, 0.25) is 0 Å². The van der Waals surface area contributed by atoms with Crippen LogP contribution in [-0.2, 0) is 16.8 Å². The van der Waals surface area contributed by atoms with E-state index in [2.05, 4.69) is 30.8 Å². The van der Waals surface area contributed by atoms with Crippen LogP contribution in [0.3, 0.4) is 0 Å². The maximum absolute atomic E-state index is 13.5. The van der Waals surface area contributed by atoms with Crippen molar-refractivity contribution in [3.05, 3.63) is 88.8 Å². The normalized spacial score (nSPS) is 12.4. The summed E-state index contributed by atoms with van der Waals surface area (Å²) in [5, 5.41) is 13.6. The number of hydrogen-bond donors (Lipinski definition) is 2. The molecule has 1 atom stereocenters. The largest absolute Gasteiger partial charge is 0.440 e. The lowest BCUT2D eigenvalue weighted by Crippen LogP contribution is -2.46. The van der Waals surface area contributed by atoms with Gasteiger partial charge in [-0.3, -0.25) is 19.0 Å². The SMILES string of the molecule is CNc1ncc(-c2ccccc2)n(CC(=O)NC(C(=O)c2nnc(C(C)(C)c3nc4ccccc4o3)o2)C(C)C)c1=O. The highest BCUT2D eigenvalue weighted by Gasteiger charge is 2.37. The van der Waals surface area contributed by atoms with Gasteiger partial charge in [0, 0.05) is 7.05 Å². The molecule has 42 heavy (non-hydrogen) atoms. The number of carbonyl (C=O) groups is 2. The number of para-hydroxylation sites is 2. The van der Waals surface area contributed by atoms with Gasteiger partial charge in [-0.1, -0.05) is 56.3 Å². The van der Waals surface area contributed by atoms with E-state index < -0.39 is 28.7 Å². The topological polar surface area (TPSA) is 158 Å². The fraction of sp³-hybridized carbons (Fsp3) is 0.300. The Morgan fingerprint density at radius 2 is 1.69 bits per heavy atom. The zero-order valence-corrected chi connectivity index (χ0v) is 23.9. The summed E-state index contributed by atoms with van der Waals surface area (Å²) in [7, 11) is 1.58. The van der Waals surface area contributed by atoms with E-state index in [1.165, 1.54) is 10.8 Å². The van der Waals surface area contributed by atoms with E-state index in [1.54, 1.807) is 34.7 Å². The molecule has 3 heterocycles. The van der Waals surface area contributed by atoms with Gasteiger partial charge in [0.1, 0.15) is 17.5 Å². The first-order chi connectivity index (χ1) is 20.1. The molecule has 0 aliphatic carbocycles. The average Bonchev–Trinajstić information content (AvgIpc) is 3.66. The van der Waals surface area contributed by atoms with Gasteiger partial charge in [0.15, 0.2) is 11.4 Å². The van der Waals surface area contributed by atoms with Crippen molar-refractivity contribution in [1.29, 1.82) is 0 Å². The molecule has 0 spiro atoms. The van der Waals surface area contributed by atoms with E-state index in [0.29, 0.717) is 28.2 Å². The zero-order valence-electron chi connectivity index (χ0n) is 23.9. The number of nitrogens with one attached hydrogen (secondary N) is 2. The Kier molecular flexibility index (Phi) is 7.70. The average molecular weight is 570 g/mol. The second kappa shape index (κ2) is 11.4. The smallest absolute Gasteiger partial charge is 0.294 e. The third-order valence-electron chi connectivity index (χ3n) is 6.93. The fourth-order valence-corrected chi connectivity index (χ4v) is 4.49. The number of nitrogens with zero attached hydrogens (tertiary/aromatic N) is 5. The van der Waals surface area contributed by atoms with Crippen molar-refractivity contribution in [3.63, 3.8) is 0 Å². The molecule has 12 nitrogen and oxygen atoms in total. The molecule has 2 N–H and O–H groups in total. The van der Waals surface area contributed by atoms with Crippen molar-refractivity contribution >= 4 is 28.6 Å². The summed E-state index contributed by atoms with van der Waals surface area (Å²) in [6, 6.07) is 15.5. The number of ketones is 1. The maximum atomic E-state index is 13.5. The van der Waals surface area contributed by atoms with Crippen molar-refractivity contribution in [2.24, 2.45) is 5.92 Å². The highest BCUT2D eigenvalue weighted by Crippen LogP contribution is 2.32. The third-order valence-corrected chi connectivity index (χ3v) is 6.93. The molecule has 216 valence electrons. The molecule has 5 rings (SSSR count). The zero-order chi connectivity index (χ0) is 30.0. The van der Waals surface area contributed by atoms with E-state index >= 15 is 0 Å². The summed E-state index contributed by atoms with van der Waals surface area (Å²) in [5.74, 6) is -1.07. The van der Waals surface area contributed by atoms with Crippen molar-refractivity contribution < 1.29 is 18.4 Å². The Balaban J connectivity index is 1.38. The molecule has 1 unspecified atom stereocenters. The molecule has 0 bridgehead atoms. The van der Waals surface area contributed by atoms with Crippen molar-refractivity contribution in [2.45, 2.75) is 45.7 Å².